The van der Waals surface area contributed by atoms with Crippen molar-refractivity contribution < 1.29 is 9.53 Å². The van der Waals surface area contributed by atoms with Gasteiger partial charge in [-0.15, -0.1) is 0 Å². The van der Waals surface area contributed by atoms with Gasteiger partial charge in [-0.1, -0.05) is 38.0 Å². The van der Waals surface area contributed by atoms with Gasteiger partial charge in [0.25, 0.3) is 0 Å². The topological polar surface area (TPSA) is 50.4 Å². The number of benzene rings is 1. The molecular weight excluding hydrogens is 276 g/mol. The highest BCUT2D eigenvalue weighted by Gasteiger charge is 2.24. The lowest BCUT2D eigenvalue weighted by molar-refractivity contribution is -0.136. The fourth-order valence-electron chi connectivity index (χ4n) is 3.36. The van der Waals surface area contributed by atoms with E-state index < -0.39 is 0 Å². The lowest BCUT2D eigenvalue weighted by Crippen LogP contribution is -2.37. The van der Waals surface area contributed by atoms with Crippen LogP contribution in [0.5, 0.6) is 0 Å². The summed E-state index contributed by atoms with van der Waals surface area (Å²) in [5.74, 6) is 0.0213. The molecule has 22 heavy (non-hydrogen) atoms. The van der Waals surface area contributed by atoms with Gasteiger partial charge < -0.3 is 15.4 Å². The van der Waals surface area contributed by atoms with Crippen LogP contribution in [0, 0.1) is 0 Å². The summed E-state index contributed by atoms with van der Waals surface area (Å²) in [5.41, 5.74) is 3.87. The summed E-state index contributed by atoms with van der Waals surface area (Å²) in [7, 11) is 0. The van der Waals surface area contributed by atoms with Crippen molar-refractivity contribution in [1.29, 1.82) is 0 Å². The van der Waals surface area contributed by atoms with Crippen molar-refractivity contribution in [2.45, 2.75) is 70.9 Å². The molecule has 0 aromatic heterocycles. The molecule has 1 aromatic carbocycles. The van der Waals surface area contributed by atoms with Crippen LogP contribution in [0.3, 0.4) is 0 Å². The Hall–Kier alpha value is -1.39. The first-order valence-electron chi connectivity index (χ1n) is 8.51. The molecule has 4 heteroatoms. The molecule has 0 spiro atoms. The van der Waals surface area contributed by atoms with Crippen LogP contribution in [-0.4, -0.2) is 18.1 Å². The Kier molecular flexibility index (Phi) is 5.11. The van der Waals surface area contributed by atoms with Crippen molar-refractivity contribution in [3.8, 4) is 0 Å². The largest absolute Gasteiger partial charge is 0.365 e. The van der Waals surface area contributed by atoms with Crippen LogP contribution in [0.2, 0.25) is 0 Å². The van der Waals surface area contributed by atoms with Crippen LogP contribution in [0.25, 0.3) is 0 Å². The first-order valence-corrected chi connectivity index (χ1v) is 8.51. The first kappa shape index (κ1) is 15.5. The Morgan fingerprint density at radius 3 is 2.86 bits per heavy atom. The molecule has 120 valence electrons. The maximum absolute atomic E-state index is 12.3. The van der Waals surface area contributed by atoms with E-state index in [1.54, 1.807) is 0 Å². The van der Waals surface area contributed by atoms with Gasteiger partial charge >= 0.3 is 0 Å². The summed E-state index contributed by atoms with van der Waals surface area (Å²) in [6.45, 7) is 4.48. The molecule has 1 atom stereocenters. The number of amides is 1. The molecule has 1 unspecified atom stereocenters. The van der Waals surface area contributed by atoms with E-state index in [0.29, 0.717) is 6.54 Å². The summed E-state index contributed by atoms with van der Waals surface area (Å²) >= 11 is 0. The van der Waals surface area contributed by atoms with Crippen LogP contribution in [0.15, 0.2) is 18.2 Å². The zero-order valence-corrected chi connectivity index (χ0v) is 13.4. The summed E-state index contributed by atoms with van der Waals surface area (Å²) in [6, 6.07) is 6.45. The maximum atomic E-state index is 12.3. The third-order valence-corrected chi connectivity index (χ3v) is 4.69. The average molecular weight is 302 g/mol. The second-order valence-electron chi connectivity index (χ2n) is 6.36. The van der Waals surface area contributed by atoms with E-state index in [2.05, 4.69) is 28.8 Å². The second kappa shape index (κ2) is 7.25. The molecule has 3 rings (SSSR count). The maximum Gasteiger partial charge on any atom is 0.249 e. The number of hydrogen-bond acceptors (Lipinski definition) is 3. The number of carbonyl (C=O) groups is 1. The Labute approximate surface area is 132 Å². The quantitative estimate of drug-likeness (QED) is 0.849. The monoisotopic (exact) mass is 302 g/mol. The fraction of sp³-hybridized carbons (Fsp3) is 0.611. The average Bonchev–Trinajstić information content (AvgIpc) is 3.20. The van der Waals surface area contributed by atoms with E-state index in [4.69, 9.17) is 4.74 Å². The molecule has 1 aromatic rings. The van der Waals surface area contributed by atoms with E-state index >= 15 is 0 Å². The van der Waals surface area contributed by atoms with Gasteiger partial charge in [0.05, 0.1) is 6.10 Å². The Balaban J connectivity index is 1.52. The number of fused-ring (bicyclic) bond motifs is 1. The molecule has 1 saturated carbocycles. The van der Waals surface area contributed by atoms with Crippen molar-refractivity contribution in [3.05, 3.63) is 34.9 Å². The predicted molar refractivity (Wildman–Crippen MR) is 86.3 cm³/mol. The van der Waals surface area contributed by atoms with Crippen LogP contribution in [0.4, 0.5) is 0 Å². The molecular formula is C18H26N2O2. The van der Waals surface area contributed by atoms with Crippen molar-refractivity contribution in [1.82, 2.24) is 10.6 Å². The van der Waals surface area contributed by atoms with Crippen molar-refractivity contribution in [3.63, 3.8) is 0 Å². The SMILES string of the molecule is CCC(OC1CCCC1)C(=O)NCc1ccc2c(c1)CNC2. The van der Waals surface area contributed by atoms with E-state index in [0.717, 1.165) is 37.9 Å². The van der Waals surface area contributed by atoms with Gasteiger partial charge in [0.2, 0.25) is 5.91 Å². The number of hydrogen-bond donors (Lipinski definition) is 2. The Morgan fingerprint density at radius 2 is 2.09 bits per heavy atom. The molecule has 1 fully saturated rings. The van der Waals surface area contributed by atoms with Crippen molar-refractivity contribution >= 4 is 5.91 Å². The zero-order valence-electron chi connectivity index (χ0n) is 13.4. The van der Waals surface area contributed by atoms with E-state index in [9.17, 15) is 4.79 Å². The summed E-state index contributed by atoms with van der Waals surface area (Å²) < 4.78 is 5.96. The predicted octanol–water partition coefficient (Wildman–Crippen LogP) is 2.64. The Morgan fingerprint density at radius 1 is 1.32 bits per heavy atom. The minimum absolute atomic E-state index is 0.0213. The highest BCUT2D eigenvalue weighted by Crippen LogP contribution is 2.23. The number of ether oxygens (including phenoxy) is 1. The molecule has 0 saturated heterocycles. The number of rotatable bonds is 6. The normalized spacial score (nSPS) is 19.1. The third-order valence-electron chi connectivity index (χ3n) is 4.69. The van der Waals surface area contributed by atoms with Gasteiger partial charge in [0.1, 0.15) is 6.10 Å². The molecule has 2 N–H and O–H groups in total. The van der Waals surface area contributed by atoms with Crippen molar-refractivity contribution in [2.75, 3.05) is 0 Å². The smallest absolute Gasteiger partial charge is 0.249 e. The van der Waals surface area contributed by atoms with Crippen LogP contribution < -0.4 is 10.6 Å². The number of carbonyl (C=O) groups excluding carboxylic acids is 1. The molecule has 1 aliphatic carbocycles. The van der Waals surface area contributed by atoms with Gasteiger partial charge in [-0.2, -0.15) is 0 Å². The molecule has 1 heterocycles. The van der Waals surface area contributed by atoms with Crippen LogP contribution in [0.1, 0.15) is 55.7 Å². The second-order valence-corrected chi connectivity index (χ2v) is 6.36. The highest BCUT2D eigenvalue weighted by molar-refractivity contribution is 5.80. The number of nitrogens with one attached hydrogen (secondary N) is 2. The minimum atomic E-state index is -0.306. The van der Waals surface area contributed by atoms with Gasteiger partial charge in [-0.3, -0.25) is 4.79 Å². The Bertz CT molecular complexity index is 524. The third kappa shape index (κ3) is 3.68. The zero-order chi connectivity index (χ0) is 15.4. The fourth-order valence-corrected chi connectivity index (χ4v) is 3.36. The minimum Gasteiger partial charge on any atom is -0.365 e. The lowest BCUT2D eigenvalue weighted by atomic mass is 10.1. The molecule has 1 aliphatic heterocycles. The van der Waals surface area contributed by atoms with Crippen LogP contribution in [-0.2, 0) is 29.2 Å². The molecule has 0 radical (unpaired) electrons. The summed E-state index contributed by atoms with van der Waals surface area (Å²) in [5, 5.41) is 6.37. The summed E-state index contributed by atoms with van der Waals surface area (Å²) in [4.78, 5) is 12.3. The van der Waals surface area contributed by atoms with Crippen molar-refractivity contribution in [2.24, 2.45) is 0 Å². The molecule has 4 nitrogen and oxygen atoms in total. The molecule has 2 aliphatic rings. The van der Waals surface area contributed by atoms with Gasteiger partial charge in [0.15, 0.2) is 0 Å². The molecule has 0 bridgehead atoms. The van der Waals surface area contributed by atoms with Gasteiger partial charge in [-0.05, 0) is 36.0 Å². The van der Waals surface area contributed by atoms with Gasteiger partial charge in [0, 0.05) is 19.6 Å². The van der Waals surface area contributed by atoms with Gasteiger partial charge in [-0.25, -0.2) is 0 Å². The van der Waals surface area contributed by atoms with E-state index in [1.807, 2.05) is 6.92 Å². The standard InChI is InChI=1S/C18H26N2O2/c1-2-17(22-16-5-3-4-6-16)18(21)20-10-13-7-8-14-11-19-12-15(14)9-13/h7-9,16-17,19H,2-6,10-12H2,1H3,(H,20,21). The van der Waals surface area contributed by atoms with E-state index in [-0.39, 0.29) is 18.1 Å². The van der Waals surface area contributed by atoms with E-state index in [1.165, 1.54) is 24.0 Å². The highest BCUT2D eigenvalue weighted by atomic mass is 16.5. The first-order chi connectivity index (χ1) is 10.8. The van der Waals surface area contributed by atoms with Crippen LogP contribution >= 0.6 is 0 Å². The summed E-state index contributed by atoms with van der Waals surface area (Å²) in [6.07, 6.45) is 5.36. The molecule has 1 amide bonds. The lowest BCUT2D eigenvalue weighted by Gasteiger charge is -2.20.